The molecule has 1 saturated heterocycles. The highest BCUT2D eigenvalue weighted by Crippen LogP contribution is 2.22. The van der Waals surface area contributed by atoms with Crippen LogP contribution >= 0.6 is 11.6 Å². The molecule has 7 heteroatoms. The number of benzene rings is 1. The van der Waals surface area contributed by atoms with E-state index in [4.69, 9.17) is 17.3 Å². The molecule has 1 aliphatic rings. The van der Waals surface area contributed by atoms with E-state index in [9.17, 15) is 13.2 Å². The third-order valence-corrected chi connectivity index (χ3v) is 5.31. The predicted molar refractivity (Wildman–Crippen MR) is 75.0 cm³/mol. The minimum atomic E-state index is -3.04. The Hall–Kier alpha value is -1.27. The van der Waals surface area contributed by atoms with E-state index in [1.54, 1.807) is 24.0 Å². The van der Waals surface area contributed by atoms with Crippen molar-refractivity contribution >= 4 is 33.0 Å². The van der Waals surface area contributed by atoms with E-state index in [1.807, 2.05) is 0 Å². The van der Waals surface area contributed by atoms with E-state index in [2.05, 4.69) is 0 Å². The van der Waals surface area contributed by atoms with E-state index in [-0.39, 0.29) is 30.0 Å². The van der Waals surface area contributed by atoms with Gasteiger partial charge in [-0.05, 0) is 25.1 Å². The van der Waals surface area contributed by atoms with Crippen molar-refractivity contribution in [2.24, 2.45) is 0 Å². The summed E-state index contributed by atoms with van der Waals surface area (Å²) in [6.45, 7) is 1.94. The molecule has 2 rings (SSSR count). The van der Waals surface area contributed by atoms with Gasteiger partial charge in [-0.1, -0.05) is 11.6 Å². The predicted octanol–water partition coefficient (Wildman–Crippen LogP) is 1.18. The SMILES string of the molecule is CC1CS(=O)(=O)CCN1C(=O)c1ccc(Cl)c(N)c1. The van der Waals surface area contributed by atoms with Gasteiger partial charge in [0.2, 0.25) is 0 Å². The molecule has 1 atom stereocenters. The monoisotopic (exact) mass is 302 g/mol. The maximum atomic E-state index is 12.3. The molecule has 5 nitrogen and oxygen atoms in total. The van der Waals surface area contributed by atoms with Crippen LogP contribution in [0.15, 0.2) is 18.2 Å². The Morgan fingerprint density at radius 2 is 2.16 bits per heavy atom. The van der Waals surface area contributed by atoms with Gasteiger partial charge in [0, 0.05) is 18.2 Å². The number of nitrogen functional groups attached to an aromatic ring is 1. The van der Waals surface area contributed by atoms with E-state index in [1.165, 1.54) is 6.07 Å². The van der Waals surface area contributed by atoms with Crippen molar-refractivity contribution < 1.29 is 13.2 Å². The average molecular weight is 303 g/mol. The van der Waals surface area contributed by atoms with Crippen molar-refractivity contribution in [1.82, 2.24) is 4.90 Å². The Labute approximate surface area is 117 Å². The number of rotatable bonds is 1. The van der Waals surface area contributed by atoms with Crippen LogP contribution in [0.4, 0.5) is 5.69 Å². The molecule has 104 valence electrons. The number of carbonyl (C=O) groups excluding carboxylic acids is 1. The van der Waals surface area contributed by atoms with Crippen molar-refractivity contribution in [3.63, 3.8) is 0 Å². The fourth-order valence-electron chi connectivity index (χ4n) is 2.14. The van der Waals surface area contributed by atoms with E-state index < -0.39 is 9.84 Å². The Balaban J connectivity index is 2.22. The van der Waals surface area contributed by atoms with Gasteiger partial charge in [-0.15, -0.1) is 0 Å². The molecule has 0 aliphatic carbocycles. The molecule has 1 fully saturated rings. The zero-order valence-corrected chi connectivity index (χ0v) is 12.0. The summed E-state index contributed by atoms with van der Waals surface area (Å²) in [6, 6.07) is 4.34. The minimum absolute atomic E-state index is 0.00180. The lowest BCUT2D eigenvalue weighted by Gasteiger charge is -2.33. The number of halogens is 1. The smallest absolute Gasteiger partial charge is 0.254 e. The van der Waals surface area contributed by atoms with Crippen molar-refractivity contribution in [3.05, 3.63) is 28.8 Å². The number of nitrogens with two attached hydrogens (primary N) is 1. The first-order chi connectivity index (χ1) is 8.80. The summed E-state index contributed by atoms with van der Waals surface area (Å²) in [5.74, 6) is -0.209. The first kappa shape index (κ1) is 14.1. The van der Waals surface area contributed by atoms with Crippen LogP contribution in [0, 0.1) is 0 Å². The second-order valence-corrected chi connectivity index (χ2v) is 7.33. The molecular weight excluding hydrogens is 288 g/mol. The summed E-state index contributed by atoms with van der Waals surface area (Å²) in [6.07, 6.45) is 0. The fourth-order valence-corrected chi connectivity index (χ4v) is 3.82. The number of anilines is 1. The fraction of sp³-hybridized carbons (Fsp3) is 0.417. The first-order valence-corrected chi connectivity index (χ1v) is 8.06. The summed E-state index contributed by atoms with van der Waals surface area (Å²) < 4.78 is 23.0. The molecule has 19 heavy (non-hydrogen) atoms. The largest absolute Gasteiger partial charge is 0.398 e. The number of hydrogen-bond acceptors (Lipinski definition) is 4. The van der Waals surface area contributed by atoms with Crippen LogP contribution in [-0.2, 0) is 9.84 Å². The molecule has 0 radical (unpaired) electrons. The topological polar surface area (TPSA) is 80.5 Å². The number of sulfone groups is 1. The van der Waals surface area contributed by atoms with Crippen LogP contribution in [-0.4, -0.2) is 43.3 Å². The Morgan fingerprint density at radius 3 is 2.74 bits per heavy atom. The summed E-state index contributed by atoms with van der Waals surface area (Å²) in [5, 5.41) is 0.394. The zero-order valence-electron chi connectivity index (χ0n) is 10.5. The number of amides is 1. The summed E-state index contributed by atoms with van der Waals surface area (Å²) in [5.41, 5.74) is 6.43. The second kappa shape index (κ2) is 5.02. The highest BCUT2D eigenvalue weighted by Gasteiger charge is 2.31. The van der Waals surface area contributed by atoms with Gasteiger partial charge < -0.3 is 10.6 Å². The molecule has 1 aliphatic heterocycles. The molecule has 1 aromatic carbocycles. The highest BCUT2D eigenvalue weighted by atomic mass is 35.5. The molecule has 0 saturated carbocycles. The molecule has 2 N–H and O–H groups in total. The van der Waals surface area contributed by atoms with Gasteiger partial charge >= 0.3 is 0 Å². The molecular formula is C12H15ClN2O3S. The quantitative estimate of drug-likeness (QED) is 0.790. The first-order valence-electron chi connectivity index (χ1n) is 5.86. The van der Waals surface area contributed by atoms with Crippen LogP contribution in [0.1, 0.15) is 17.3 Å². The third kappa shape index (κ3) is 3.01. The van der Waals surface area contributed by atoms with Gasteiger partial charge in [-0.25, -0.2) is 8.42 Å². The molecule has 1 aromatic rings. The van der Waals surface area contributed by atoms with Gasteiger partial charge in [-0.2, -0.15) is 0 Å². The van der Waals surface area contributed by atoms with Crippen LogP contribution < -0.4 is 5.73 Å². The lowest BCUT2D eigenvalue weighted by molar-refractivity contribution is 0.0712. The highest BCUT2D eigenvalue weighted by molar-refractivity contribution is 7.91. The van der Waals surface area contributed by atoms with Crippen LogP contribution in [0.5, 0.6) is 0 Å². The molecule has 0 bridgehead atoms. The summed E-state index contributed by atoms with van der Waals surface area (Å²) >= 11 is 5.81. The third-order valence-electron chi connectivity index (χ3n) is 3.17. The van der Waals surface area contributed by atoms with Crippen LogP contribution in [0.25, 0.3) is 0 Å². The van der Waals surface area contributed by atoms with Gasteiger partial charge in [0.05, 0.1) is 22.2 Å². The molecule has 0 aromatic heterocycles. The standard InChI is InChI=1S/C12H15ClN2O3S/c1-8-7-19(17,18)5-4-15(8)12(16)9-2-3-10(13)11(14)6-9/h2-3,6,8H,4-5,7,14H2,1H3. The van der Waals surface area contributed by atoms with Crippen LogP contribution in [0.2, 0.25) is 5.02 Å². The van der Waals surface area contributed by atoms with Crippen LogP contribution in [0.3, 0.4) is 0 Å². The Kier molecular flexibility index (Phi) is 3.73. The lowest BCUT2D eigenvalue weighted by Crippen LogP contribution is -2.49. The van der Waals surface area contributed by atoms with E-state index >= 15 is 0 Å². The van der Waals surface area contributed by atoms with Gasteiger partial charge in [0.1, 0.15) is 0 Å². The normalized spacial score (nSPS) is 22.2. The molecule has 0 spiro atoms. The van der Waals surface area contributed by atoms with Gasteiger partial charge in [0.15, 0.2) is 9.84 Å². The van der Waals surface area contributed by atoms with Crippen molar-refractivity contribution in [2.45, 2.75) is 13.0 Å². The van der Waals surface area contributed by atoms with E-state index in [0.29, 0.717) is 16.3 Å². The van der Waals surface area contributed by atoms with Crippen molar-refractivity contribution in [3.8, 4) is 0 Å². The lowest BCUT2D eigenvalue weighted by atomic mass is 10.1. The molecule has 1 unspecified atom stereocenters. The van der Waals surface area contributed by atoms with Crippen molar-refractivity contribution in [1.29, 1.82) is 0 Å². The Morgan fingerprint density at radius 1 is 1.47 bits per heavy atom. The average Bonchev–Trinajstić information content (AvgIpc) is 2.31. The second-order valence-electron chi connectivity index (χ2n) is 4.70. The number of hydrogen-bond donors (Lipinski definition) is 1. The Bertz CT molecular complexity index is 615. The molecule has 1 heterocycles. The number of carbonyl (C=O) groups is 1. The minimum Gasteiger partial charge on any atom is -0.398 e. The van der Waals surface area contributed by atoms with Gasteiger partial charge in [-0.3, -0.25) is 4.79 Å². The summed E-state index contributed by atoms with van der Waals surface area (Å²) in [4.78, 5) is 13.9. The van der Waals surface area contributed by atoms with Gasteiger partial charge in [0.25, 0.3) is 5.91 Å². The zero-order chi connectivity index (χ0) is 14.2. The maximum Gasteiger partial charge on any atom is 0.254 e. The van der Waals surface area contributed by atoms with Crippen molar-refractivity contribution in [2.75, 3.05) is 23.8 Å². The molecule has 1 amide bonds. The summed E-state index contributed by atoms with van der Waals surface area (Å²) in [7, 11) is -3.04. The number of nitrogens with zero attached hydrogens (tertiary/aromatic N) is 1. The maximum absolute atomic E-state index is 12.3. The van der Waals surface area contributed by atoms with E-state index in [0.717, 1.165) is 0 Å².